The van der Waals surface area contributed by atoms with Crippen molar-refractivity contribution in [2.45, 2.75) is 38.5 Å². The van der Waals surface area contributed by atoms with Crippen molar-refractivity contribution in [2.75, 3.05) is 13.1 Å². The topological polar surface area (TPSA) is 63.9 Å². The fourth-order valence-corrected chi connectivity index (χ4v) is 5.44. The molecule has 158 valence electrons. The first-order valence-corrected chi connectivity index (χ1v) is 11.6. The van der Waals surface area contributed by atoms with Crippen LogP contribution >= 0.6 is 11.3 Å². The van der Waals surface area contributed by atoms with E-state index < -0.39 is 0 Å². The molecule has 3 aromatic heterocycles. The number of hydrogen-bond donors (Lipinski definition) is 0. The zero-order valence-corrected chi connectivity index (χ0v) is 18.5. The van der Waals surface area contributed by atoms with Gasteiger partial charge in [-0.25, -0.2) is 14.6 Å². The van der Waals surface area contributed by atoms with Crippen molar-refractivity contribution < 1.29 is 4.79 Å². The minimum absolute atomic E-state index is 0.0635. The Balaban J connectivity index is 1.34. The number of aromatic nitrogens is 4. The van der Waals surface area contributed by atoms with Gasteiger partial charge in [0.05, 0.1) is 32.7 Å². The summed E-state index contributed by atoms with van der Waals surface area (Å²) in [4.78, 5) is 24.6. The largest absolute Gasteiger partial charge is 0.338 e. The van der Waals surface area contributed by atoms with E-state index in [0.717, 1.165) is 43.0 Å². The highest BCUT2D eigenvalue weighted by Gasteiger charge is 2.30. The highest BCUT2D eigenvalue weighted by atomic mass is 32.1. The van der Waals surface area contributed by atoms with Crippen LogP contribution in [0.1, 0.15) is 59.6 Å². The predicted molar refractivity (Wildman–Crippen MR) is 123 cm³/mol. The molecule has 0 unspecified atom stereocenters. The van der Waals surface area contributed by atoms with E-state index in [1.807, 2.05) is 29.2 Å². The average molecular weight is 432 g/mol. The summed E-state index contributed by atoms with van der Waals surface area (Å²) >= 11 is 1.78. The third kappa shape index (κ3) is 3.74. The lowest BCUT2D eigenvalue weighted by Gasteiger charge is -2.31. The number of rotatable bonds is 4. The Morgan fingerprint density at radius 2 is 1.87 bits per heavy atom. The van der Waals surface area contributed by atoms with Crippen LogP contribution < -0.4 is 0 Å². The smallest absolute Gasteiger partial charge is 0.257 e. The molecule has 0 aliphatic carbocycles. The number of fused-ring (bicyclic) bond motifs is 1. The molecule has 6 nitrogen and oxygen atoms in total. The van der Waals surface area contributed by atoms with Gasteiger partial charge in [-0.3, -0.25) is 4.79 Å². The van der Waals surface area contributed by atoms with Gasteiger partial charge < -0.3 is 4.90 Å². The standard InChI is InChI=1S/C24H25N5OS/c1-16(2)22-18(15-26-29(22)21-9-5-6-12-25-21)24(30)28-13-10-17(11-14-28)23-27-19-7-3-4-8-20(19)31-23/h3-9,12,15-17H,10-11,13-14H2,1-2H3. The summed E-state index contributed by atoms with van der Waals surface area (Å²) in [6.45, 7) is 5.66. The van der Waals surface area contributed by atoms with Gasteiger partial charge >= 0.3 is 0 Å². The summed E-state index contributed by atoms with van der Waals surface area (Å²) in [5.74, 6) is 1.37. The second-order valence-electron chi connectivity index (χ2n) is 8.28. The molecule has 0 saturated carbocycles. The van der Waals surface area contributed by atoms with Gasteiger partial charge in [-0.1, -0.05) is 32.0 Å². The molecule has 5 rings (SSSR count). The molecule has 0 radical (unpaired) electrons. The van der Waals surface area contributed by atoms with Crippen molar-refractivity contribution in [2.24, 2.45) is 0 Å². The fraction of sp³-hybridized carbons (Fsp3) is 0.333. The number of carbonyl (C=O) groups is 1. The fourth-order valence-electron chi connectivity index (χ4n) is 4.30. The SMILES string of the molecule is CC(C)c1c(C(=O)N2CCC(c3nc4ccccc4s3)CC2)cnn1-c1ccccn1. The predicted octanol–water partition coefficient (Wildman–Crippen LogP) is 5.02. The molecular formula is C24H25N5OS. The van der Waals surface area contributed by atoms with Crippen LogP contribution in [-0.2, 0) is 0 Å². The monoisotopic (exact) mass is 431 g/mol. The number of para-hydroxylation sites is 1. The third-order valence-corrected chi connectivity index (χ3v) is 7.09. The van der Waals surface area contributed by atoms with E-state index in [0.29, 0.717) is 11.5 Å². The number of piperidine rings is 1. The van der Waals surface area contributed by atoms with E-state index in [2.05, 4.69) is 42.1 Å². The van der Waals surface area contributed by atoms with Gasteiger partial charge in [0.2, 0.25) is 0 Å². The maximum absolute atomic E-state index is 13.4. The second kappa shape index (κ2) is 8.23. The molecule has 0 spiro atoms. The van der Waals surface area contributed by atoms with Crippen LogP contribution in [0.4, 0.5) is 0 Å². The van der Waals surface area contributed by atoms with E-state index >= 15 is 0 Å². The van der Waals surface area contributed by atoms with Crippen molar-refractivity contribution in [1.29, 1.82) is 0 Å². The number of likely N-dealkylation sites (tertiary alicyclic amines) is 1. The molecule has 31 heavy (non-hydrogen) atoms. The van der Waals surface area contributed by atoms with Crippen molar-refractivity contribution in [3.05, 3.63) is 71.1 Å². The van der Waals surface area contributed by atoms with Gasteiger partial charge in [0, 0.05) is 25.2 Å². The molecular weight excluding hydrogens is 406 g/mol. The highest BCUT2D eigenvalue weighted by molar-refractivity contribution is 7.18. The summed E-state index contributed by atoms with van der Waals surface area (Å²) in [6.07, 6.45) is 5.33. The molecule has 0 atom stereocenters. The van der Waals surface area contributed by atoms with E-state index in [1.165, 1.54) is 9.71 Å². The average Bonchev–Trinajstić information content (AvgIpc) is 3.44. The Morgan fingerprint density at radius 3 is 2.58 bits per heavy atom. The van der Waals surface area contributed by atoms with Gasteiger partial charge in [0.25, 0.3) is 5.91 Å². The number of benzene rings is 1. The van der Waals surface area contributed by atoms with Gasteiger partial charge in [-0.2, -0.15) is 5.10 Å². The summed E-state index contributed by atoms with van der Waals surface area (Å²) in [6, 6.07) is 14.0. The third-order valence-electron chi connectivity index (χ3n) is 5.89. The van der Waals surface area contributed by atoms with Crippen LogP contribution in [0, 0.1) is 0 Å². The van der Waals surface area contributed by atoms with Crippen LogP contribution in [0.2, 0.25) is 0 Å². The lowest BCUT2D eigenvalue weighted by Crippen LogP contribution is -2.38. The Morgan fingerprint density at radius 1 is 1.10 bits per heavy atom. The normalized spacial score (nSPS) is 15.1. The van der Waals surface area contributed by atoms with E-state index in [1.54, 1.807) is 28.4 Å². The van der Waals surface area contributed by atoms with E-state index in [9.17, 15) is 4.79 Å². The zero-order valence-electron chi connectivity index (χ0n) is 17.7. The number of thiazole rings is 1. The Bertz CT molecular complexity index is 1170. The van der Waals surface area contributed by atoms with Crippen molar-refractivity contribution in [3.8, 4) is 5.82 Å². The molecule has 1 aliphatic heterocycles. The van der Waals surface area contributed by atoms with Gasteiger partial charge in [-0.15, -0.1) is 11.3 Å². The first-order valence-electron chi connectivity index (χ1n) is 10.8. The lowest BCUT2D eigenvalue weighted by molar-refractivity contribution is 0.0711. The van der Waals surface area contributed by atoms with Crippen molar-refractivity contribution in [3.63, 3.8) is 0 Å². The highest BCUT2D eigenvalue weighted by Crippen LogP contribution is 2.34. The van der Waals surface area contributed by atoms with Gasteiger partial charge in [0.15, 0.2) is 5.82 Å². The second-order valence-corrected chi connectivity index (χ2v) is 9.35. The molecule has 0 bridgehead atoms. The number of hydrogen-bond acceptors (Lipinski definition) is 5. The molecule has 7 heteroatoms. The minimum Gasteiger partial charge on any atom is -0.338 e. The molecule has 4 heterocycles. The van der Waals surface area contributed by atoms with Crippen LogP contribution in [0.25, 0.3) is 16.0 Å². The summed E-state index contributed by atoms with van der Waals surface area (Å²) in [5.41, 5.74) is 2.67. The van der Waals surface area contributed by atoms with Crippen LogP contribution in [0.15, 0.2) is 54.9 Å². The quantitative estimate of drug-likeness (QED) is 0.455. The van der Waals surface area contributed by atoms with Crippen molar-refractivity contribution in [1.82, 2.24) is 24.6 Å². The molecule has 4 aromatic rings. The van der Waals surface area contributed by atoms with E-state index in [-0.39, 0.29) is 11.8 Å². The summed E-state index contributed by atoms with van der Waals surface area (Å²) < 4.78 is 3.03. The summed E-state index contributed by atoms with van der Waals surface area (Å²) in [7, 11) is 0. The molecule has 1 saturated heterocycles. The van der Waals surface area contributed by atoms with Crippen LogP contribution in [0.5, 0.6) is 0 Å². The van der Waals surface area contributed by atoms with E-state index in [4.69, 9.17) is 4.98 Å². The van der Waals surface area contributed by atoms with Gasteiger partial charge in [0.1, 0.15) is 0 Å². The zero-order chi connectivity index (χ0) is 21.4. The lowest BCUT2D eigenvalue weighted by atomic mass is 9.96. The molecule has 1 amide bonds. The molecule has 1 aromatic carbocycles. The molecule has 1 aliphatic rings. The van der Waals surface area contributed by atoms with Crippen LogP contribution in [0.3, 0.4) is 0 Å². The molecule has 0 N–H and O–H groups in total. The first-order chi connectivity index (χ1) is 15.1. The summed E-state index contributed by atoms with van der Waals surface area (Å²) in [5, 5.41) is 5.70. The minimum atomic E-state index is 0.0635. The number of pyridine rings is 1. The number of carbonyl (C=O) groups excluding carboxylic acids is 1. The number of amides is 1. The van der Waals surface area contributed by atoms with Crippen molar-refractivity contribution >= 4 is 27.5 Å². The maximum atomic E-state index is 13.4. The number of nitrogens with zero attached hydrogens (tertiary/aromatic N) is 5. The Hall–Kier alpha value is -3.06. The van der Waals surface area contributed by atoms with Gasteiger partial charge in [-0.05, 0) is 43.0 Å². The maximum Gasteiger partial charge on any atom is 0.257 e. The molecule has 1 fully saturated rings. The van der Waals surface area contributed by atoms with Crippen LogP contribution in [-0.4, -0.2) is 43.6 Å². The Kier molecular flexibility index (Phi) is 5.28. The first kappa shape index (κ1) is 19.9. The Labute approximate surface area is 185 Å².